The maximum Gasteiger partial charge on any atom is 0.0722 e. The first-order valence-electron chi connectivity index (χ1n) is 5.89. The molecule has 16 heavy (non-hydrogen) atoms. The van der Waals surface area contributed by atoms with Gasteiger partial charge in [-0.05, 0) is 31.5 Å². The molecule has 1 fully saturated rings. The number of morpholine rings is 1. The topological polar surface area (TPSA) is 38.5 Å². The number of hydrogen-bond acceptors (Lipinski definition) is 3. The third-order valence-corrected chi connectivity index (χ3v) is 3.03. The Balaban J connectivity index is 2.09. The molecule has 88 valence electrons. The molecule has 0 bridgehead atoms. The molecular weight excluding hydrogens is 200 g/mol. The van der Waals surface area contributed by atoms with Gasteiger partial charge >= 0.3 is 0 Å². The van der Waals surface area contributed by atoms with Crippen molar-refractivity contribution < 1.29 is 4.74 Å². The number of anilines is 1. The second-order valence-corrected chi connectivity index (χ2v) is 4.51. The Labute approximate surface area is 97.2 Å². The van der Waals surface area contributed by atoms with E-state index in [1.165, 1.54) is 11.3 Å². The minimum atomic E-state index is 0.109. The summed E-state index contributed by atoms with van der Waals surface area (Å²) < 4.78 is 5.53. The van der Waals surface area contributed by atoms with E-state index in [0.717, 1.165) is 19.7 Å². The third kappa shape index (κ3) is 2.54. The average molecular weight is 220 g/mol. The van der Waals surface area contributed by atoms with Crippen LogP contribution in [0.2, 0.25) is 0 Å². The van der Waals surface area contributed by atoms with E-state index in [4.69, 9.17) is 10.5 Å². The van der Waals surface area contributed by atoms with Gasteiger partial charge < -0.3 is 15.4 Å². The summed E-state index contributed by atoms with van der Waals surface area (Å²) in [6, 6.07) is 8.63. The summed E-state index contributed by atoms with van der Waals surface area (Å²) in [6.07, 6.45) is 0.321. The highest BCUT2D eigenvalue weighted by Crippen LogP contribution is 2.20. The Hall–Kier alpha value is -1.06. The van der Waals surface area contributed by atoms with E-state index in [1.54, 1.807) is 0 Å². The molecule has 2 rings (SSSR count). The lowest BCUT2D eigenvalue weighted by Crippen LogP contribution is -2.41. The quantitative estimate of drug-likeness (QED) is 0.827. The van der Waals surface area contributed by atoms with E-state index >= 15 is 0 Å². The molecule has 0 amide bonds. The monoisotopic (exact) mass is 220 g/mol. The summed E-state index contributed by atoms with van der Waals surface area (Å²) >= 11 is 0. The van der Waals surface area contributed by atoms with E-state index in [2.05, 4.69) is 36.1 Å². The Kier molecular flexibility index (Phi) is 3.46. The van der Waals surface area contributed by atoms with Gasteiger partial charge in [0.15, 0.2) is 0 Å². The molecule has 2 atom stereocenters. The molecule has 1 aliphatic heterocycles. The van der Waals surface area contributed by atoms with E-state index < -0.39 is 0 Å². The lowest BCUT2D eigenvalue weighted by molar-refractivity contribution is 0.0532. The molecule has 1 unspecified atom stereocenters. The molecule has 2 N–H and O–H groups in total. The van der Waals surface area contributed by atoms with Crippen LogP contribution in [-0.4, -0.2) is 25.8 Å². The summed E-state index contributed by atoms with van der Waals surface area (Å²) in [5.41, 5.74) is 8.28. The van der Waals surface area contributed by atoms with Crippen molar-refractivity contribution >= 4 is 5.69 Å². The summed E-state index contributed by atoms with van der Waals surface area (Å²) in [5, 5.41) is 0. The largest absolute Gasteiger partial charge is 0.375 e. The van der Waals surface area contributed by atoms with Crippen molar-refractivity contribution in [2.75, 3.05) is 24.6 Å². The number of ether oxygens (including phenoxy) is 1. The van der Waals surface area contributed by atoms with Gasteiger partial charge in [-0.1, -0.05) is 12.1 Å². The molecule has 1 aromatic carbocycles. The van der Waals surface area contributed by atoms with Crippen LogP contribution >= 0.6 is 0 Å². The zero-order valence-electron chi connectivity index (χ0n) is 10.0. The number of nitrogens with two attached hydrogens (primary N) is 1. The fraction of sp³-hybridized carbons (Fsp3) is 0.538. The Bertz CT molecular complexity index is 334. The summed E-state index contributed by atoms with van der Waals surface area (Å²) in [4.78, 5) is 2.36. The van der Waals surface area contributed by atoms with E-state index in [9.17, 15) is 0 Å². The van der Waals surface area contributed by atoms with Crippen LogP contribution in [0.1, 0.15) is 25.5 Å². The van der Waals surface area contributed by atoms with Gasteiger partial charge in [0.1, 0.15) is 0 Å². The fourth-order valence-corrected chi connectivity index (χ4v) is 2.04. The van der Waals surface area contributed by atoms with Crippen LogP contribution in [0.3, 0.4) is 0 Å². The first-order chi connectivity index (χ1) is 7.66. The average Bonchev–Trinajstić information content (AvgIpc) is 2.29. The second kappa shape index (κ2) is 4.85. The summed E-state index contributed by atoms with van der Waals surface area (Å²) in [5.74, 6) is 0. The second-order valence-electron chi connectivity index (χ2n) is 4.51. The lowest BCUT2D eigenvalue weighted by atomic mass is 10.1. The molecule has 0 saturated carbocycles. The molecule has 3 heteroatoms. The molecule has 3 nitrogen and oxygen atoms in total. The van der Waals surface area contributed by atoms with Crippen LogP contribution in [0.4, 0.5) is 5.69 Å². The molecular formula is C13H20N2O. The normalized spacial score (nSPS) is 23.2. The first-order valence-corrected chi connectivity index (χ1v) is 5.89. The predicted molar refractivity (Wildman–Crippen MR) is 66.7 cm³/mol. The van der Waals surface area contributed by atoms with Crippen molar-refractivity contribution in [1.82, 2.24) is 0 Å². The molecule has 0 spiro atoms. The van der Waals surface area contributed by atoms with Gasteiger partial charge in [0.05, 0.1) is 12.7 Å². The van der Waals surface area contributed by atoms with Crippen molar-refractivity contribution in [2.45, 2.75) is 26.0 Å². The lowest BCUT2D eigenvalue weighted by Gasteiger charge is -2.33. The fourth-order valence-electron chi connectivity index (χ4n) is 2.04. The van der Waals surface area contributed by atoms with Gasteiger partial charge in [-0.15, -0.1) is 0 Å². The molecule has 1 saturated heterocycles. The van der Waals surface area contributed by atoms with E-state index in [-0.39, 0.29) is 6.04 Å². The van der Waals surface area contributed by atoms with Crippen molar-refractivity contribution in [2.24, 2.45) is 5.73 Å². The van der Waals surface area contributed by atoms with Gasteiger partial charge in [-0.25, -0.2) is 0 Å². The summed E-state index contributed by atoms with van der Waals surface area (Å²) in [6.45, 7) is 6.88. The Morgan fingerprint density at radius 3 is 2.62 bits per heavy atom. The van der Waals surface area contributed by atoms with Crippen molar-refractivity contribution in [1.29, 1.82) is 0 Å². The van der Waals surface area contributed by atoms with Crippen LogP contribution in [0.15, 0.2) is 24.3 Å². The predicted octanol–water partition coefficient (Wildman–Crippen LogP) is 1.93. The maximum absolute atomic E-state index is 5.83. The number of nitrogens with zero attached hydrogens (tertiary/aromatic N) is 1. The molecule has 1 aromatic rings. The molecule has 0 radical (unpaired) electrons. The SMILES string of the molecule is CC1CN(c2ccc([C@H](C)N)cc2)CCO1. The minimum absolute atomic E-state index is 0.109. The number of hydrogen-bond donors (Lipinski definition) is 1. The van der Waals surface area contributed by atoms with Crippen molar-refractivity contribution in [3.05, 3.63) is 29.8 Å². The minimum Gasteiger partial charge on any atom is -0.375 e. The Morgan fingerprint density at radius 2 is 2.06 bits per heavy atom. The van der Waals surface area contributed by atoms with Crippen molar-refractivity contribution in [3.8, 4) is 0 Å². The van der Waals surface area contributed by atoms with Gasteiger partial charge in [0.25, 0.3) is 0 Å². The van der Waals surface area contributed by atoms with Crippen LogP contribution in [0.25, 0.3) is 0 Å². The van der Waals surface area contributed by atoms with Crippen LogP contribution in [0, 0.1) is 0 Å². The highest BCUT2D eigenvalue weighted by Gasteiger charge is 2.16. The third-order valence-electron chi connectivity index (χ3n) is 3.03. The first kappa shape index (κ1) is 11.4. The highest BCUT2D eigenvalue weighted by molar-refractivity contribution is 5.48. The standard InChI is InChI=1S/C13H20N2O/c1-10-9-15(7-8-16-10)13-5-3-12(4-6-13)11(2)14/h3-6,10-11H,7-9,14H2,1-2H3/t10?,11-/m0/s1. The van der Waals surface area contributed by atoms with Crippen LogP contribution in [0.5, 0.6) is 0 Å². The Morgan fingerprint density at radius 1 is 1.38 bits per heavy atom. The van der Waals surface area contributed by atoms with Gasteiger partial charge in [0.2, 0.25) is 0 Å². The zero-order chi connectivity index (χ0) is 11.5. The van der Waals surface area contributed by atoms with Gasteiger partial charge in [-0.2, -0.15) is 0 Å². The summed E-state index contributed by atoms with van der Waals surface area (Å²) in [7, 11) is 0. The van der Waals surface area contributed by atoms with Gasteiger partial charge in [0, 0.05) is 24.8 Å². The van der Waals surface area contributed by atoms with E-state index in [0.29, 0.717) is 6.10 Å². The zero-order valence-corrected chi connectivity index (χ0v) is 10.0. The van der Waals surface area contributed by atoms with Crippen molar-refractivity contribution in [3.63, 3.8) is 0 Å². The smallest absolute Gasteiger partial charge is 0.0722 e. The van der Waals surface area contributed by atoms with Crippen LogP contribution < -0.4 is 10.6 Å². The molecule has 0 aromatic heterocycles. The number of rotatable bonds is 2. The maximum atomic E-state index is 5.83. The van der Waals surface area contributed by atoms with E-state index in [1.807, 2.05) is 6.92 Å². The molecule has 1 aliphatic rings. The molecule has 0 aliphatic carbocycles. The van der Waals surface area contributed by atoms with Gasteiger partial charge in [-0.3, -0.25) is 0 Å². The highest BCUT2D eigenvalue weighted by atomic mass is 16.5. The molecule has 1 heterocycles. The van der Waals surface area contributed by atoms with Crippen LogP contribution in [-0.2, 0) is 4.74 Å². The number of benzene rings is 1.